The minimum Gasteiger partial charge on any atom is -0.459 e. The first-order chi connectivity index (χ1) is 10.7. The molecule has 1 saturated heterocycles. The Hall–Kier alpha value is -2.14. The van der Waals surface area contributed by atoms with Crippen molar-refractivity contribution < 1.29 is 9.21 Å². The third-order valence-corrected chi connectivity index (χ3v) is 4.39. The third kappa shape index (κ3) is 2.90. The van der Waals surface area contributed by atoms with E-state index < -0.39 is 0 Å². The SMILES string of the molecule is CN(C[C@@H]1CCN(C)[C@H]1c1cccnc1)C(=O)c1ccco1. The maximum Gasteiger partial charge on any atom is 0.289 e. The number of carbonyl (C=O) groups is 1. The van der Waals surface area contributed by atoms with Gasteiger partial charge in [-0.2, -0.15) is 0 Å². The maximum atomic E-state index is 12.3. The molecule has 5 nitrogen and oxygen atoms in total. The number of hydrogen-bond donors (Lipinski definition) is 0. The summed E-state index contributed by atoms with van der Waals surface area (Å²) in [4.78, 5) is 20.7. The summed E-state index contributed by atoms with van der Waals surface area (Å²) in [7, 11) is 3.97. The fraction of sp³-hybridized carbons (Fsp3) is 0.412. The van der Waals surface area contributed by atoms with Crippen LogP contribution in [0.25, 0.3) is 0 Å². The summed E-state index contributed by atoms with van der Waals surface area (Å²) in [6.07, 6.45) is 6.32. The standard InChI is InChI=1S/C17H21N3O2/c1-19-9-7-14(16(19)13-5-3-8-18-11-13)12-20(2)17(21)15-6-4-10-22-15/h3-6,8,10-11,14,16H,7,9,12H2,1-2H3/t14-,16-/m0/s1. The van der Waals surface area contributed by atoms with Crippen molar-refractivity contribution in [3.05, 3.63) is 54.2 Å². The van der Waals surface area contributed by atoms with Crippen molar-refractivity contribution >= 4 is 5.91 Å². The van der Waals surface area contributed by atoms with E-state index in [9.17, 15) is 4.79 Å². The van der Waals surface area contributed by atoms with Crippen molar-refractivity contribution in [3.8, 4) is 0 Å². The minimum atomic E-state index is -0.0653. The Balaban J connectivity index is 1.72. The second-order valence-corrected chi connectivity index (χ2v) is 5.92. The molecule has 1 amide bonds. The van der Waals surface area contributed by atoms with Gasteiger partial charge in [0.05, 0.1) is 6.26 Å². The molecule has 1 aliphatic rings. The lowest BCUT2D eigenvalue weighted by molar-refractivity contribution is 0.0729. The first kappa shape index (κ1) is 14.8. The van der Waals surface area contributed by atoms with Crippen molar-refractivity contribution in [2.45, 2.75) is 12.5 Å². The van der Waals surface area contributed by atoms with Crippen molar-refractivity contribution in [1.82, 2.24) is 14.8 Å². The van der Waals surface area contributed by atoms with Gasteiger partial charge in [-0.3, -0.25) is 14.7 Å². The molecule has 1 aliphatic heterocycles. The topological polar surface area (TPSA) is 49.6 Å². The monoisotopic (exact) mass is 299 g/mol. The number of furan rings is 1. The second-order valence-electron chi connectivity index (χ2n) is 5.92. The molecule has 3 heterocycles. The summed E-state index contributed by atoms with van der Waals surface area (Å²) in [6.45, 7) is 1.75. The zero-order chi connectivity index (χ0) is 15.5. The highest BCUT2D eigenvalue weighted by Crippen LogP contribution is 2.36. The van der Waals surface area contributed by atoms with Crippen LogP contribution in [-0.4, -0.2) is 47.9 Å². The van der Waals surface area contributed by atoms with Crippen LogP contribution in [0.15, 0.2) is 47.3 Å². The van der Waals surface area contributed by atoms with Crippen LogP contribution in [-0.2, 0) is 0 Å². The van der Waals surface area contributed by atoms with Gasteiger partial charge in [0.2, 0.25) is 0 Å². The van der Waals surface area contributed by atoms with E-state index in [1.54, 1.807) is 23.2 Å². The molecule has 0 unspecified atom stereocenters. The van der Waals surface area contributed by atoms with Gasteiger partial charge in [0, 0.05) is 32.0 Å². The molecule has 0 spiro atoms. The number of nitrogens with zero attached hydrogens (tertiary/aromatic N) is 3. The number of carbonyl (C=O) groups excluding carboxylic acids is 1. The van der Waals surface area contributed by atoms with Crippen LogP contribution in [0.3, 0.4) is 0 Å². The number of aromatic nitrogens is 1. The Labute approximate surface area is 130 Å². The van der Waals surface area contributed by atoms with E-state index >= 15 is 0 Å². The molecule has 2 aromatic rings. The summed E-state index contributed by atoms with van der Waals surface area (Å²) in [5.74, 6) is 0.731. The molecule has 0 N–H and O–H groups in total. The fourth-order valence-corrected chi connectivity index (χ4v) is 3.32. The molecule has 2 aromatic heterocycles. The zero-order valence-electron chi connectivity index (χ0n) is 13.0. The van der Waals surface area contributed by atoms with E-state index in [1.165, 1.54) is 11.8 Å². The van der Waals surface area contributed by atoms with Gasteiger partial charge in [0.15, 0.2) is 5.76 Å². The molecule has 116 valence electrons. The van der Waals surface area contributed by atoms with Gasteiger partial charge in [0.1, 0.15) is 0 Å². The van der Waals surface area contributed by atoms with Crippen LogP contribution in [0.5, 0.6) is 0 Å². The third-order valence-electron chi connectivity index (χ3n) is 4.39. The number of pyridine rings is 1. The second kappa shape index (κ2) is 6.32. The highest BCUT2D eigenvalue weighted by atomic mass is 16.3. The summed E-state index contributed by atoms with van der Waals surface area (Å²) in [5, 5.41) is 0. The van der Waals surface area contributed by atoms with Gasteiger partial charge in [0.25, 0.3) is 5.91 Å². The molecule has 22 heavy (non-hydrogen) atoms. The van der Waals surface area contributed by atoms with Gasteiger partial charge in [-0.25, -0.2) is 0 Å². The Morgan fingerprint density at radius 3 is 3.00 bits per heavy atom. The van der Waals surface area contributed by atoms with Crippen molar-refractivity contribution in [2.24, 2.45) is 5.92 Å². The van der Waals surface area contributed by atoms with E-state index in [1.807, 2.05) is 19.3 Å². The largest absolute Gasteiger partial charge is 0.459 e. The molecule has 0 saturated carbocycles. The normalized spacial score (nSPS) is 21.9. The number of amides is 1. The van der Waals surface area contributed by atoms with Gasteiger partial charge in [-0.05, 0) is 49.7 Å². The summed E-state index contributed by atoms with van der Waals surface area (Å²) < 4.78 is 5.20. The van der Waals surface area contributed by atoms with Crippen LogP contribution in [0.2, 0.25) is 0 Å². The fourth-order valence-electron chi connectivity index (χ4n) is 3.32. The molecular formula is C17H21N3O2. The molecule has 0 aliphatic carbocycles. The van der Waals surface area contributed by atoms with E-state index in [4.69, 9.17) is 4.42 Å². The number of likely N-dealkylation sites (tertiary alicyclic amines) is 1. The predicted octanol–water partition coefficient (Wildman–Crippen LogP) is 2.44. The first-order valence-corrected chi connectivity index (χ1v) is 7.56. The summed E-state index contributed by atoms with van der Waals surface area (Å²) in [5.41, 5.74) is 1.21. The summed E-state index contributed by atoms with van der Waals surface area (Å²) in [6, 6.07) is 7.83. The first-order valence-electron chi connectivity index (χ1n) is 7.56. The minimum absolute atomic E-state index is 0.0653. The van der Waals surface area contributed by atoms with Crippen LogP contribution in [0.4, 0.5) is 0 Å². The summed E-state index contributed by atoms with van der Waals surface area (Å²) >= 11 is 0. The van der Waals surface area contributed by atoms with Crippen molar-refractivity contribution in [3.63, 3.8) is 0 Å². The highest BCUT2D eigenvalue weighted by Gasteiger charge is 2.34. The molecule has 0 bridgehead atoms. The lowest BCUT2D eigenvalue weighted by Crippen LogP contribution is -2.34. The van der Waals surface area contributed by atoms with Crippen LogP contribution >= 0.6 is 0 Å². The maximum absolute atomic E-state index is 12.3. The zero-order valence-corrected chi connectivity index (χ0v) is 13.0. The molecular weight excluding hydrogens is 278 g/mol. The van der Waals surface area contributed by atoms with Crippen molar-refractivity contribution in [2.75, 3.05) is 27.2 Å². The Morgan fingerprint density at radius 1 is 1.45 bits per heavy atom. The highest BCUT2D eigenvalue weighted by molar-refractivity contribution is 5.91. The van der Waals surface area contributed by atoms with E-state index in [-0.39, 0.29) is 5.91 Å². The van der Waals surface area contributed by atoms with Crippen LogP contribution in [0, 0.1) is 5.92 Å². The Morgan fingerprint density at radius 2 is 2.32 bits per heavy atom. The van der Waals surface area contributed by atoms with Crippen LogP contribution in [0.1, 0.15) is 28.6 Å². The van der Waals surface area contributed by atoms with Gasteiger partial charge in [-0.15, -0.1) is 0 Å². The smallest absolute Gasteiger partial charge is 0.289 e. The van der Waals surface area contributed by atoms with Gasteiger partial charge in [-0.1, -0.05) is 6.07 Å². The van der Waals surface area contributed by atoms with Gasteiger partial charge < -0.3 is 9.32 Å². The molecule has 0 radical (unpaired) electrons. The van der Waals surface area contributed by atoms with Crippen LogP contribution < -0.4 is 0 Å². The quantitative estimate of drug-likeness (QED) is 0.870. The average molecular weight is 299 g/mol. The Bertz CT molecular complexity index is 612. The molecule has 3 rings (SSSR count). The molecule has 2 atom stereocenters. The van der Waals surface area contributed by atoms with Gasteiger partial charge >= 0.3 is 0 Å². The van der Waals surface area contributed by atoms with Crippen molar-refractivity contribution in [1.29, 1.82) is 0 Å². The number of rotatable bonds is 4. The Kier molecular flexibility index (Phi) is 4.24. The molecule has 1 fully saturated rings. The number of hydrogen-bond acceptors (Lipinski definition) is 4. The van der Waals surface area contributed by atoms with E-state index in [2.05, 4.69) is 23.0 Å². The lowest BCUT2D eigenvalue weighted by atomic mass is 9.94. The van der Waals surface area contributed by atoms with E-state index in [0.29, 0.717) is 24.3 Å². The average Bonchev–Trinajstić information content (AvgIpc) is 3.18. The lowest BCUT2D eigenvalue weighted by Gasteiger charge is -2.28. The molecule has 5 heteroatoms. The predicted molar refractivity (Wildman–Crippen MR) is 83.4 cm³/mol. The van der Waals surface area contributed by atoms with E-state index in [0.717, 1.165) is 13.0 Å². The molecule has 0 aromatic carbocycles.